The predicted molar refractivity (Wildman–Crippen MR) is 117 cm³/mol. The Hall–Kier alpha value is -3.15. The number of halogens is 1. The van der Waals surface area contributed by atoms with Crippen LogP contribution in [0.2, 0.25) is 0 Å². The summed E-state index contributed by atoms with van der Waals surface area (Å²) < 4.78 is 13.2. The fraction of sp³-hybridized carbons (Fsp3) is 0.304. The Balaban J connectivity index is 1.47. The van der Waals surface area contributed by atoms with Crippen LogP contribution in [0.15, 0.2) is 54.6 Å². The smallest absolute Gasteiger partial charge is 0.229 e. The number of benzene rings is 2. The quantitative estimate of drug-likeness (QED) is 0.691. The molecule has 1 aliphatic heterocycles. The van der Waals surface area contributed by atoms with Crippen LogP contribution >= 0.6 is 0 Å². The molecule has 0 aliphatic carbocycles. The van der Waals surface area contributed by atoms with Gasteiger partial charge in [0, 0.05) is 49.3 Å². The Morgan fingerprint density at radius 1 is 0.931 bits per heavy atom. The van der Waals surface area contributed by atoms with Crippen molar-refractivity contribution in [3.05, 3.63) is 71.7 Å². The molecule has 1 N–H and O–H groups in total. The third kappa shape index (κ3) is 4.47. The summed E-state index contributed by atoms with van der Waals surface area (Å²) in [4.78, 5) is 13.9. The van der Waals surface area contributed by atoms with Gasteiger partial charge in [0.1, 0.15) is 11.6 Å². The molecule has 0 atom stereocenters. The molecule has 6 heteroatoms. The number of piperazine rings is 1. The zero-order valence-electron chi connectivity index (χ0n) is 16.9. The van der Waals surface area contributed by atoms with Crippen LogP contribution in [-0.2, 0) is 6.42 Å². The second-order valence-electron chi connectivity index (χ2n) is 7.28. The first-order valence-corrected chi connectivity index (χ1v) is 10.1. The van der Waals surface area contributed by atoms with E-state index in [0.29, 0.717) is 5.95 Å². The Labute approximate surface area is 171 Å². The van der Waals surface area contributed by atoms with Crippen LogP contribution < -0.4 is 15.1 Å². The van der Waals surface area contributed by atoms with Crippen molar-refractivity contribution in [3.63, 3.8) is 0 Å². The van der Waals surface area contributed by atoms with Crippen molar-refractivity contribution in [3.8, 4) is 0 Å². The van der Waals surface area contributed by atoms with Gasteiger partial charge in [-0.2, -0.15) is 4.98 Å². The lowest BCUT2D eigenvalue weighted by Gasteiger charge is -2.36. The molecule has 0 radical (unpaired) electrons. The van der Waals surface area contributed by atoms with E-state index in [9.17, 15) is 4.39 Å². The molecule has 5 nitrogen and oxygen atoms in total. The fourth-order valence-corrected chi connectivity index (χ4v) is 3.69. The average Bonchev–Trinajstić information content (AvgIpc) is 2.74. The van der Waals surface area contributed by atoms with Crippen molar-refractivity contribution in [2.24, 2.45) is 0 Å². The summed E-state index contributed by atoms with van der Waals surface area (Å²) in [6.07, 6.45) is 0.952. The van der Waals surface area contributed by atoms with Gasteiger partial charge in [-0.15, -0.1) is 0 Å². The van der Waals surface area contributed by atoms with E-state index in [1.807, 2.05) is 37.3 Å². The van der Waals surface area contributed by atoms with Crippen molar-refractivity contribution in [2.75, 3.05) is 41.3 Å². The summed E-state index contributed by atoms with van der Waals surface area (Å²) >= 11 is 0. The second kappa shape index (κ2) is 8.47. The van der Waals surface area contributed by atoms with E-state index in [1.165, 1.54) is 17.7 Å². The molecule has 0 amide bonds. The zero-order chi connectivity index (χ0) is 20.2. The van der Waals surface area contributed by atoms with Gasteiger partial charge in [0.25, 0.3) is 0 Å². The molecular formula is C23H26FN5. The Morgan fingerprint density at radius 2 is 1.62 bits per heavy atom. The number of anilines is 4. The van der Waals surface area contributed by atoms with Gasteiger partial charge in [-0.25, -0.2) is 9.37 Å². The van der Waals surface area contributed by atoms with Crippen molar-refractivity contribution in [1.29, 1.82) is 0 Å². The van der Waals surface area contributed by atoms with Crippen LogP contribution in [0.4, 0.5) is 27.5 Å². The first kappa shape index (κ1) is 19.2. The number of aromatic nitrogens is 2. The van der Waals surface area contributed by atoms with Gasteiger partial charge in [0.15, 0.2) is 0 Å². The molecule has 2 heterocycles. The topological polar surface area (TPSA) is 44.3 Å². The number of para-hydroxylation sites is 1. The largest absolute Gasteiger partial charge is 0.368 e. The van der Waals surface area contributed by atoms with Gasteiger partial charge in [0.2, 0.25) is 5.95 Å². The molecule has 0 bridgehead atoms. The van der Waals surface area contributed by atoms with Crippen LogP contribution in [0.25, 0.3) is 0 Å². The van der Waals surface area contributed by atoms with Crippen molar-refractivity contribution >= 4 is 23.1 Å². The Kier molecular flexibility index (Phi) is 5.60. The Bertz CT molecular complexity index is 965. The minimum Gasteiger partial charge on any atom is -0.368 e. The van der Waals surface area contributed by atoms with Crippen molar-refractivity contribution < 1.29 is 4.39 Å². The molecule has 0 unspecified atom stereocenters. The highest BCUT2D eigenvalue weighted by Crippen LogP contribution is 2.23. The SMILES string of the molecule is CCc1ccccc1Nc1nc(C)cc(N2CCN(c3ccc(F)cc3)CC2)n1. The highest BCUT2D eigenvalue weighted by molar-refractivity contribution is 5.60. The third-order valence-corrected chi connectivity index (χ3v) is 5.28. The van der Waals surface area contributed by atoms with Crippen molar-refractivity contribution in [2.45, 2.75) is 20.3 Å². The lowest BCUT2D eigenvalue weighted by molar-refractivity contribution is 0.624. The number of hydrogen-bond acceptors (Lipinski definition) is 5. The van der Waals surface area contributed by atoms with Gasteiger partial charge < -0.3 is 15.1 Å². The van der Waals surface area contributed by atoms with Crippen LogP contribution in [0.3, 0.4) is 0 Å². The molecule has 3 aromatic rings. The van der Waals surface area contributed by atoms with E-state index in [4.69, 9.17) is 4.98 Å². The first-order chi connectivity index (χ1) is 14.1. The molecule has 29 heavy (non-hydrogen) atoms. The van der Waals surface area contributed by atoms with Gasteiger partial charge in [-0.3, -0.25) is 0 Å². The summed E-state index contributed by atoms with van der Waals surface area (Å²) in [6, 6.07) is 17.0. The monoisotopic (exact) mass is 391 g/mol. The highest BCUT2D eigenvalue weighted by Gasteiger charge is 2.19. The van der Waals surface area contributed by atoms with E-state index in [0.717, 1.165) is 55.5 Å². The number of aryl methyl sites for hydroxylation is 2. The molecule has 4 rings (SSSR count). The van der Waals surface area contributed by atoms with Crippen LogP contribution in [0.5, 0.6) is 0 Å². The summed E-state index contributed by atoms with van der Waals surface area (Å²) in [7, 11) is 0. The Morgan fingerprint density at radius 3 is 2.34 bits per heavy atom. The van der Waals surface area contributed by atoms with Crippen LogP contribution in [-0.4, -0.2) is 36.1 Å². The summed E-state index contributed by atoms with van der Waals surface area (Å²) in [6.45, 7) is 7.60. The molecule has 1 saturated heterocycles. The maximum absolute atomic E-state index is 13.2. The number of rotatable bonds is 5. The molecule has 1 aliphatic rings. The van der Waals surface area contributed by atoms with E-state index in [1.54, 1.807) is 0 Å². The minimum atomic E-state index is -0.200. The lowest BCUT2D eigenvalue weighted by atomic mass is 10.1. The maximum Gasteiger partial charge on any atom is 0.229 e. The minimum absolute atomic E-state index is 0.200. The number of nitrogens with one attached hydrogen (secondary N) is 1. The number of nitrogens with zero attached hydrogens (tertiary/aromatic N) is 4. The summed E-state index contributed by atoms with van der Waals surface area (Å²) in [5.74, 6) is 1.36. The zero-order valence-corrected chi connectivity index (χ0v) is 16.9. The molecule has 1 aromatic heterocycles. The van der Waals surface area contributed by atoms with Gasteiger partial charge in [-0.1, -0.05) is 25.1 Å². The predicted octanol–water partition coefficient (Wildman–Crippen LogP) is 4.56. The fourth-order valence-electron chi connectivity index (χ4n) is 3.69. The third-order valence-electron chi connectivity index (χ3n) is 5.28. The second-order valence-corrected chi connectivity index (χ2v) is 7.28. The van der Waals surface area contributed by atoms with Crippen LogP contribution in [0.1, 0.15) is 18.2 Å². The van der Waals surface area contributed by atoms with E-state index >= 15 is 0 Å². The summed E-state index contributed by atoms with van der Waals surface area (Å²) in [5, 5.41) is 3.39. The van der Waals surface area contributed by atoms with Gasteiger partial charge >= 0.3 is 0 Å². The molecule has 0 saturated carbocycles. The molecule has 1 fully saturated rings. The van der Waals surface area contributed by atoms with E-state index in [2.05, 4.69) is 39.2 Å². The normalized spacial score (nSPS) is 14.2. The average molecular weight is 391 g/mol. The van der Waals surface area contributed by atoms with E-state index in [-0.39, 0.29) is 5.82 Å². The number of hydrogen-bond donors (Lipinski definition) is 1. The molecule has 150 valence electrons. The molecular weight excluding hydrogens is 365 g/mol. The lowest BCUT2D eigenvalue weighted by Crippen LogP contribution is -2.46. The first-order valence-electron chi connectivity index (χ1n) is 10.1. The highest BCUT2D eigenvalue weighted by atomic mass is 19.1. The maximum atomic E-state index is 13.2. The van der Waals surface area contributed by atoms with Gasteiger partial charge in [-0.05, 0) is 49.2 Å². The van der Waals surface area contributed by atoms with Gasteiger partial charge in [0.05, 0.1) is 0 Å². The van der Waals surface area contributed by atoms with Crippen LogP contribution in [0, 0.1) is 12.7 Å². The standard InChI is InChI=1S/C23H26FN5/c1-3-18-6-4-5-7-21(18)26-23-25-17(2)16-22(27-23)29-14-12-28(13-15-29)20-10-8-19(24)9-11-20/h4-11,16H,3,12-15H2,1-2H3,(H,25,26,27). The summed E-state index contributed by atoms with van der Waals surface area (Å²) in [5.41, 5.74) is 4.29. The molecule has 2 aromatic carbocycles. The van der Waals surface area contributed by atoms with E-state index < -0.39 is 0 Å². The van der Waals surface area contributed by atoms with Crippen molar-refractivity contribution in [1.82, 2.24) is 9.97 Å². The molecule has 0 spiro atoms.